The number of hydrogen-bond donors (Lipinski definition) is 0. The van der Waals surface area contributed by atoms with E-state index in [9.17, 15) is 20.1 Å². The van der Waals surface area contributed by atoms with E-state index in [0.29, 0.717) is 33.2 Å². The summed E-state index contributed by atoms with van der Waals surface area (Å²) in [7, 11) is 0. The normalized spacial score (nSPS) is 11.0. The Morgan fingerprint density at radius 3 is 2.45 bits per heavy atom. The molecule has 0 N–H and O–H groups in total. The molecule has 3 aromatic carbocycles. The van der Waals surface area contributed by atoms with Gasteiger partial charge in [0, 0.05) is 16.9 Å². The molecule has 0 radical (unpaired) electrons. The molecule has 0 unspecified atom stereocenters. The fraction of sp³-hybridized carbons (Fsp3) is 0.161. The number of carbonyl (C=O) groups excluding carboxylic acids is 2. The molecule has 7 heteroatoms. The number of hydrogen-bond acceptors (Lipinski definition) is 7. The first-order chi connectivity index (χ1) is 18.5. The van der Waals surface area contributed by atoms with Crippen LogP contribution >= 0.6 is 11.3 Å². The van der Waals surface area contributed by atoms with Gasteiger partial charge in [0.2, 0.25) is 0 Å². The highest BCUT2D eigenvalue weighted by atomic mass is 32.1. The highest BCUT2D eigenvalue weighted by Gasteiger charge is 2.24. The van der Waals surface area contributed by atoms with Crippen molar-refractivity contribution >= 4 is 39.9 Å². The van der Waals surface area contributed by atoms with E-state index < -0.39 is 11.8 Å². The van der Waals surface area contributed by atoms with Crippen molar-refractivity contribution in [2.45, 2.75) is 26.9 Å². The SMILES string of the molecule is CCOC(=O)c1sc(CC(=O)/C(C#N)=C/c2c(OCc3ccccc3)ccc3ccccc23)c(C#N)c1C. The second kappa shape index (κ2) is 12.0. The molecule has 0 spiro atoms. The lowest BCUT2D eigenvalue weighted by Crippen LogP contribution is -2.06. The van der Waals surface area contributed by atoms with Crippen molar-refractivity contribution in [1.29, 1.82) is 10.5 Å². The summed E-state index contributed by atoms with van der Waals surface area (Å²) >= 11 is 1.05. The molecule has 188 valence electrons. The number of esters is 1. The van der Waals surface area contributed by atoms with Gasteiger partial charge in [-0.25, -0.2) is 4.79 Å². The van der Waals surface area contributed by atoms with Crippen molar-refractivity contribution < 1.29 is 19.1 Å². The highest BCUT2D eigenvalue weighted by molar-refractivity contribution is 7.14. The average Bonchev–Trinajstić information content (AvgIpc) is 3.25. The number of thiophene rings is 1. The summed E-state index contributed by atoms with van der Waals surface area (Å²) in [6, 6.07) is 25.3. The molecule has 4 rings (SSSR count). The Labute approximate surface area is 225 Å². The van der Waals surface area contributed by atoms with Crippen LogP contribution in [0.5, 0.6) is 5.75 Å². The van der Waals surface area contributed by atoms with Crippen LogP contribution in [-0.2, 0) is 22.6 Å². The molecule has 0 amide bonds. The van der Waals surface area contributed by atoms with Crippen molar-refractivity contribution in [3.63, 3.8) is 0 Å². The number of nitriles is 2. The Morgan fingerprint density at radius 1 is 1.00 bits per heavy atom. The molecule has 0 saturated carbocycles. The molecule has 6 nitrogen and oxygen atoms in total. The van der Waals surface area contributed by atoms with Crippen LogP contribution in [0, 0.1) is 29.6 Å². The summed E-state index contributed by atoms with van der Waals surface area (Å²) in [5.41, 5.74) is 2.28. The second-order valence-corrected chi connectivity index (χ2v) is 9.53. The number of allylic oxidation sites excluding steroid dienone is 1. The molecule has 0 aliphatic rings. The standard InChI is InChI=1S/C31H24N2O4S/c1-3-36-31(35)30-20(2)26(18-33)29(38-30)16-27(34)23(17-32)15-25-24-12-8-7-11-22(24)13-14-28(25)37-19-21-9-5-4-6-10-21/h4-15H,3,16,19H2,1-2H3/b23-15+. The van der Waals surface area contributed by atoms with Crippen molar-refractivity contribution in [1.82, 2.24) is 0 Å². The Bertz CT molecular complexity index is 1620. The summed E-state index contributed by atoms with van der Waals surface area (Å²) in [6.07, 6.45) is 1.36. The zero-order valence-corrected chi connectivity index (χ0v) is 21.8. The fourth-order valence-electron chi connectivity index (χ4n) is 4.08. The van der Waals surface area contributed by atoms with E-state index in [1.807, 2.05) is 72.8 Å². The maximum Gasteiger partial charge on any atom is 0.348 e. The minimum absolute atomic E-state index is 0.0708. The Hall–Kier alpha value is -4.72. The fourth-order valence-corrected chi connectivity index (χ4v) is 5.23. The van der Waals surface area contributed by atoms with Crippen LogP contribution in [0.3, 0.4) is 0 Å². The summed E-state index contributed by atoms with van der Waals surface area (Å²) in [5, 5.41) is 21.4. The second-order valence-electron chi connectivity index (χ2n) is 8.43. The van der Waals surface area contributed by atoms with E-state index >= 15 is 0 Å². The summed E-state index contributed by atoms with van der Waals surface area (Å²) < 4.78 is 11.2. The minimum atomic E-state index is -0.530. The quantitative estimate of drug-likeness (QED) is 0.141. The molecule has 0 aliphatic heterocycles. The van der Waals surface area contributed by atoms with Crippen molar-refractivity contribution in [2.24, 2.45) is 0 Å². The number of fused-ring (bicyclic) bond motifs is 1. The lowest BCUT2D eigenvalue weighted by atomic mass is 9.98. The van der Waals surface area contributed by atoms with Crippen LogP contribution in [0.2, 0.25) is 0 Å². The molecular formula is C31H24N2O4S. The van der Waals surface area contributed by atoms with Gasteiger partial charge in [-0.05, 0) is 47.9 Å². The smallest absolute Gasteiger partial charge is 0.348 e. The van der Waals surface area contributed by atoms with Crippen LogP contribution in [0.25, 0.3) is 16.8 Å². The number of nitrogens with zero attached hydrogens (tertiary/aromatic N) is 2. The predicted octanol–water partition coefficient (Wildman–Crippen LogP) is 6.56. The Morgan fingerprint density at radius 2 is 1.74 bits per heavy atom. The van der Waals surface area contributed by atoms with E-state index in [1.165, 1.54) is 0 Å². The van der Waals surface area contributed by atoms with Crippen molar-refractivity contribution in [2.75, 3.05) is 6.61 Å². The summed E-state index contributed by atoms with van der Waals surface area (Å²) in [6.45, 7) is 3.88. The van der Waals surface area contributed by atoms with Gasteiger partial charge in [-0.2, -0.15) is 10.5 Å². The van der Waals surface area contributed by atoms with Gasteiger partial charge in [0.1, 0.15) is 29.4 Å². The van der Waals surface area contributed by atoms with Crippen molar-refractivity contribution in [3.8, 4) is 17.9 Å². The van der Waals surface area contributed by atoms with Gasteiger partial charge < -0.3 is 9.47 Å². The highest BCUT2D eigenvalue weighted by Crippen LogP contribution is 2.33. The largest absolute Gasteiger partial charge is 0.488 e. The van der Waals surface area contributed by atoms with Crippen LogP contribution in [0.1, 0.15) is 43.7 Å². The first-order valence-corrected chi connectivity index (χ1v) is 12.8. The van der Waals surface area contributed by atoms with Gasteiger partial charge in [-0.3, -0.25) is 4.79 Å². The minimum Gasteiger partial charge on any atom is -0.488 e. The van der Waals surface area contributed by atoms with Gasteiger partial charge in [-0.15, -0.1) is 11.3 Å². The topological polar surface area (TPSA) is 100 Å². The third-order valence-corrected chi connectivity index (χ3v) is 7.26. The molecule has 38 heavy (non-hydrogen) atoms. The van der Waals surface area contributed by atoms with Crippen LogP contribution in [0.15, 0.2) is 72.3 Å². The van der Waals surface area contributed by atoms with E-state index in [2.05, 4.69) is 6.07 Å². The number of carbonyl (C=O) groups is 2. The lowest BCUT2D eigenvalue weighted by Gasteiger charge is -2.13. The third-order valence-electron chi connectivity index (χ3n) is 5.99. The molecule has 0 saturated heterocycles. The van der Waals surface area contributed by atoms with Gasteiger partial charge in [0.25, 0.3) is 0 Å². The van der Waals surface area contributed by atoms with Crippen molar-refractivity contribution in [3.05, 3.63) is 104 Å². The van der Waals surface area contributed by atoms with Gasteiger partial charge in [-0.1, -0.05) is 60.7 Å². The number of rotatable bonds is 9. The average molecular weight is 521 g/mol. The first-order valence-electron chi connectivity index (χ1n) is 12.0. The van der Waals surface area contributed by atoms with E-state index in [1.54, 1.807) is 19.9 Å². The maximum atomic E-state index is 13.3. The molecule has 0 aliphatic carbocycles. The van der Waals surface area contributed by atoms with Gasteiger partial charge in [0.05, 0.1) is 17.7 Å². The predicted molar refractivity (Wildman–Crippen MR) is 147 cm³/mol. The number of Topliss-reactive ketones (excluding diaryl/α,β-unsaturated/α-hetero) is 1. The van der Waals surface area contributed by atoms with Crippen LogP contribution in [-0.4, -0.2) is 18.4 Å². The summed E-state index contributed by atoms with van der Waals surface area (Å²) in [4.78, 5) is 26.3. The van der Waals surface area contributed by atoms with Crippen LogP contribution in [0.4, 0.5) is 0 Å². The number of benzene rings is 3. The van der Waals surface area contributed by atoms with Gasteiger partial charge in [0.15, 0.2) is 5.78 Å². The monoisotopic (exact) mass is 520 g/mol. The molecule has 1 aromatic heterocycles. The third kappa shape index (κ3) is 5.64. The molecule has 1 heterocycles. The maximum absolute atomic E-state index is 13.3. The molecule has 0 atom stereocenters. The summed E-state index contributed by atoms with van der Waals surface area (Å²) in [5.74, 6) is -0.442. The zero-order valence-electron chi connectivity index (χ0n) is 21.0. The number of ketones is 1. The number of ether oxygens (including phenoxy) is 2. The van der Waals surface area contributed by atoms with E-state index in [0.717, 1.165) is 27.7 Å². The lowest BCUT2D eigenvalue weighted by molar-refractivity contribution is -0.114. The Balaban J connectivity index is 1.70. The molecular weight excluding hydrogens is 496 g/mol. The van der Waals surface area contributed by atoms with Crippen LogP contribution < -0.4 is 4.74 Å². The molecule has 4 aromatic rings. The van der Waals surface area contributed by atoms with Gasteiger partial charge >= 0.3 is 5.97 Å². The molecule has 0 fully saturated rings. The first kappa shape index (κ1) is 26.3. The van der Waals surface area contributed by atoms with E-state index in [-0.39, 0.29) is 24.2 Å². The molecule has 0 bridgehead atoms. The van der Waals surface area contributed by atoms with E-state index in [4.69, 9.17) is 9.47 Å². The zero-order chi connectivity index (χ0) is 27.1. The Kier molecular flexibility index (Phi) is 8.33.